The van der Waals surface area contributed by atoms with Crippen LogP contribution in [0.2, 0.25) is 0 Å². The van der Waals surface area contributed by atoms with Gasteiger partial charge < -0.3 is 14.3 Å². The first-order valence-electron chi connectivity index (χ1n) is 7.20. The average molecular weight is 286 g/mol. The number of ether oxygens (including phenoxy) is 1. The molecule has 1 N–H and O–H groups in total. The molecule has 0 aliphatic carbocycles. The number of nitrogens with zero attached hydrogens (tertiary/aromatic N) is 1. The molecule has 20 heavy (non-hydrogen) atoms. The molecule has 0 saturated carbocycles. The van der Waals surface area contributed by atoms with E-state index in [2.05, 4.69) is 14.1 Å². The van der Waals surface area contributed by atoms with Crippen LogP contribution in [0.3, 0.4) is 0 Å². The molecule has 0 spiro atoms. The monoisotopic (exact) mass is 286 g/mol. The summed E-state index contributed by atoms with van der Waals surface area (Å²) >= 11 is 0. The number of unbranched alkanes of at least 4 members (excludes halogenated alkanes) is 2. The highest BCUT2D eigenvalue weighted by atomic mass is 16.5. The van der Waals surface area contributed by atoms with Crippen molar-refractivity contribution in [2.75, 3.05) is 33.8 Å². The van der Waals surface area contributed by atoms with Crippen molar-refractivity contribution in [2.45, 2.75) is 39.0 Å². The molecule has 0 fully saturated rings. The highest BCUT2D eigenvalue weighted by Gasteiger charge is 2.14. The maximum Gasteiger partial charge on any atom is 0.330 e. The quantitative estimate of drug-likeness (QED) is 0.274. The summed E-state index contributed by atoms with van der Waals surface area (Å²) in [5.74, 6) is -1.01. The molecule has 0 amide bonds. The summed E-state index contributed by atoms with van der Waals surface area (Å²) in [4.78, 5) is 21.5. The fraction of sp³-hybridized carbons (Fsp3) is 0.733. The number of hydrogen-bond acceptors (Lipinski definition) is 3. The van der Waals surface area contributed by atoms with Crippen molar-refractivity contribution >= 4 is 11.9 Å². The molecular weight excluding hydrogens is 258 g/mol. The number of carbonyl (C=O) groups excluding carboxylic acids is 1. The van der Waals surface area contributed by atoms with Crippen molar-refractivity contribution in [1.29, 1.82) is 0 Å². The third-order valence-corrected chi connectivity index (χ3v) is 3.11. The van der Waals surface area contributed by atoms with Crippen molar-refractivity contribution in [3.05, 3.63) is 12.2 Å². The third-order valence-electron chi connectivity index (χ3n) is 3.11. The predicted molar refractivity (Wildman–Crippen MR) is 78.3 cm³/mol. The van der Waals surface area contributed by atoms with Crippen LogP contribution in [0.4, 0.5) is 0 Å². The number of hydrogen-bond donors (Lipinski definition) is 1. The van der Waals surface area contributed by atoms with Crippen LogP contribution in [0.25, 0.3) is 0 Å². The Morgan fingerprint density at radius 1 is 1.10 bits per heavy atom. The summed E-state index contributed by atoms with van der Waals surface area (Å²) < 4.78 is 5.92. The Kier molecular flexibility index (Phi) is 9.72. The molecule has 5 nitrogen and oxygen atoms in total. The summed E-state index contributed by atoms with van der Waals surface area (Å²) in [6.07, 6.45) is 6.90. The highest BCUT2D eigenvalue weighted by molar-refractivity contribution is 5.81. The van der Waals surface area contributed by atoms with Gasteiger partial charge in [-0.3, -0.25) is 4.79 Å². The molecule has 0 unspecified atom stereocenters. The first-order valence-corrected chi connectivity index (χ1v) is 7.20. The van der Waals surface area contributed by atoms with Gasteiger partial charge in [0.2, 0.25) is 0 Å². The SMILES string of the molecule is CC=CC(=O)OCCC[N+](C)(C)CCCCCC(=O)O. The molecule has 0 aromatic carbocycles. The predicted octanol–water partition coefficient (Wildman–Crippen LogP) is 2.22. The van der Waals surface area contributed by atoms with Crippen LogP contribution < -0.4 is 0 Å². The second-order valence-corrected chi connectivity index (χ2v) is 5.61. The number of aliphatic carboxylic acids is 1. The van der Waals surface area contributed by atoms with E-state index >= 15 is 0 Å². The van der Waals surface area contributed by atoms with Gasteiger partial charge in [0.15, 0.2) is 0 Å². The van der Waals surface area contributed by atoms with Gasteiger partial charge in [0.05, 0.1) is 33.8 Å². The van der Waals surface area contributed by atoms with Crippen LogP contribution in [-0.2, 0) is 14.3 Å². The molecule has 0 radical (unpaired) electrons. The van der Waals surface area contributed by atoms with Crippen LogP contribution in [0, 0.1) is 0 Å². The van der Waals surface area contributed by atoms with Gasteiger partial charge in [-0.05, 0) is 26.2 Å². The minimum atomic E-state index is -0.721. The molecule has 0 bridgehead atoms. The molecule has 0 atom stereocenters. The number of allylic oxidation sites excluding steroid dienone is 1. The van der Waals surface area contributed by atoms with Gasteiger partial charge in [0, 0.05) is 18.9 Å². The van der Waals surface area contributed by atoms with Gasteiger partial charge in [-0.15, -0.1) is 0 Å². The number of carboxylic acid groups (broad SMARTS) is 1. The molecule has 0 aromatic rings. The molecule has 0 heterocycles. The van der Waals surface area contributed by atoms with Gasteiger partial charge in [0.1, 0.15) is 0 Å². The fourth-order valence-corrected chi connectivity index (χ4v) is 1.95. The summed E-state index contributed by atoms with van der Waals surface area (Å²) in [6.45, 7) is 4.19. The molecular formula is C15H28NO4+. The van der Waals surface area contributed by atoms with Crippen molar-refractivity contribution in [1.82, 2.24) is 0 Å². The van der Waals surface area contributed by atoms with Gasteiger partial charge in [0.25, 0.3) is 0 Å². The largest absolute Gasteiger partial charge is 0.481 e. The lowest BCUT2D eigenvalue weighted by atomic mass is 10.2. The maximum atomic E-state index is 11.1. The Balaban J connectivity index is 3.63. The second kappa shape index (κ2) is 10.4. The summed E-state index contributed by atoms with van der Waals surface area (Å²) in [6, 6.07) is 0. The zero-order valence-electron chi connectivity index (χ0n) is 12.9. The van der Waals surface area contributed by atoms with E-state index in [-0.39, 0.29) is 12.4 Å². The third kappa shape index (κ3) is 11.7. The van der Waals surface area contributed by atoms with Crippen molar-refractivity contribution < 1.29 is 23.9 Å². The van der Waals surface area contributed by atoms with E-state index in [9.17, 15) is 9.59 Å². The summed E-state index contributed by atoms with van der Waals surface area (Å²) in [5, 5.41) is 8.55. The lowest BCUT2D eigenvalue weighted by Gasteiger charge is -2.29. The fourth-order valence-electron chi connectivity index (χ4n) is 1.95. The van der Waals surface area contributed by atoms with Crippen LogP contribution in [0.15, 0.2) is 12.2 Å². The van der Waals surface area contributed by atoms with Crippen LogP contribution in [-0.4, -0.2) is 55.3 Å². The van der Waals surface area contributed by atoms with E-state index in [1.54, 1.807) is 13.0 Å². The zero-order chi connectivity index (χ0) is 15.4. The molecule has 5 heteroatoms. The molecule has 0 aliphatic rings. The van der Waals surface area contributed by atoms with Crippen LogP contribution in [0.1, 0.15) is 39.0 Å². The second-order valence-electron chi connectivity index (χ2n) is 5.61. The molecule has 116 valence electrons. The first-order chi connectivity index (χ1) is 9.37. The molecule has 0 rings (SSSR count). The molecule has 0 aliphatic heterocycles. The van der Waals surface area contributed by atoms with Crippen LogP contribution >= 0.6 is 0 Å². The molecule has 0 saturated heterocycles. The van der Waals surface area contributed by atoms with E-state index in [0.29, 0.717) is 6.61 Å². The van der Waals surface area contributed by atoms with Gasteiger partial charge >= 0.3 is 11.9 Å². The highest BCUT2D eigenvalue weighted by Crippen LogP contribution is 2.06. The van der Waals surface area contributed by atoms with Crippen molar-refractivity contribution in [3.63, 3.8) is 0 Å². The van der Waals surface area contributed by atoms with Gasteiger partial charge in [-0.1, -0.05) is 6.08 Å². The molecule has 0 aromatic heterocycles. The van der Waals surface area contributed by atoms with E-state index in [4.69, 9.17) is 9.84 Å². The van der Waals surface area contributed by atoms with E-state index in [0.717, 1.165) is 43.3 Å². The Morgan fingerprint density at radius 3 is 2.35 bits per heavy atom. The minimum Gasteiger partial charge on any atom is -0.481 e. The number of esters is 1. The normalized spacial score (nSPS) is 11.8. The van der Waals surface area contributed by atoms with Gasteiger partial charge in [-0.2, -0.15) is 0 Å². The Labute approximate surface area is 121 Å². The number of carbonyl (C=O) groups is 2. The first kappa shape index (κ1) is 18.6. The number of quaternary nitrogens is 1. The van der Waals surface area contributed by atoms with E-state index in [1.165, 1.54) is 6.08 Å². The lowest BCUT2D eigenvalue weighted by Crippen LogP contribution is -2.41. The zero-order valence-corrected chi connectivity index (χ0v) is 12.9. The average Bonchev–Trinajstić information content (AvgIpc) is 2.34. The number of rotatable bonds is 11. The van der Waals surface area contributed by atoms with Crippen molar-refractivity contribution in [2.24, 2.45) is 0 Å². The van der Waals surface area contributed by atoms with E-state index in [1.807, 2.05) is 0 Å². The minimum absolute atomic E-state index is 0.258. The standard InChI is InChI=1S/C15H27NO4/c1-4-9-15(19)20-13-8-12-16(2,3)11-7-5-6-10-14(17)18/h4,9H,5-8,10-13H2,1-3H3/p+1. The van der Waals surface area contributed by atoms with Gasteiger partial charge in [-0.25, -0.2) is 4.79 Å². The van der Waals surface area contributed by atoms with E-state index < -0.39 is 5.97 Å². The Bertz CT molecular complexity index is 324. The topological polar surface area (TPSA) is 63.6 Å². The van der Waals surface area contributed by atoms with Crippen molar-refractivity contribution in [3.8, 4) is 0 Å². The smallest absolute Gasteiger partial charge is 0.330 e. The number of carboxylic acids is 1. The Hall–Kier alpha value is -1.36. The Morgan fingerprint density at radius 2 is 1.75 bits per heavy atom. The summed E-state index contributed by atoms with van der Waals surface area (Å²) in [7, 11) is 4.29. The van der Waals surface area contributed by atoms with Crippen LogP contribution in [0.5, 0.6) is 0 Å². The lowest BCUT2D eigenvalue weighted by molar-refractivity contribution is -0.890. The maximum absolute atomic E-state index is 11.1. The summed E-state index contributed by atoms with van der Waals surface area (Å²) in [5.41, 5.74) is 0.